The summed E-state index contributed by atoms with van der Waals surface area (Å²) in [4.78, 5) is 0. The number of fused-ring (bicyclic) bond motifs is 1. The normalized spacial score (nSPS) is 22.2. The summed E-state index contributed by atoms with van der Waals surface area (Å²) in [5.74, 6) is -0.119. The van der Waals surface area contributed by atoms with E-state index in [0.29, 0.717) is 5.75 Å². The van der Waals surface area contributed by atoms with Crippen LogP contribution < -0.4 is 10.1 Å². The molecule has 1 aliphatic heterocycles. The second kappa shape index (κ2) is 6.71. The molecular weight excluding hydrogens is 367 g/mol. The molecule has 1 aromatic carbocycles. The van der Waals surface area contributed by atoms with Crippen LogP contribution >= 0.6 is 0 Å². The van der Waals surface area contributed by atoms with Crippen molar-refractivity contribution in [1.82, 2.24) is 5.32 Å². The number of nitrogens with one attached hydrogen (secondary N) is 1. The zero-order valence-corrected chi connectivity index (χ0v) is 16.5. The maximum Gasteiger partial charge on any atom is 0.350 e. The molecule has 2 rings (SSSR count). The Morgan fingerprint density at radius 1 is 1.27 bits per heavy atom. The molecule has 0 amide bonds. The Hall–Kier alpha value is -1.28. The predicted octanol–water partition coefficient (Wildman–Crippen LogP) is 3.77. The number of hydrogen-bond donors (Lipinski definition) is 1. The summed E-state index contributed by atoms with van der Waals surface area (Å²) in [6, 6.07) is 0.217. The average molecular weight is 393 g/mol. The number of sulfone groups is 1. The summed E-state index contributed by atoms with van der Waals surface area (Å²) in [7, 11) is -4.64. The number of alkyl halides is 3. The van der Waals surface area contributed by atoms with Crippen LogP contribution in [0.25, 0.3) is 0 Å². The van der Waals surface area contributed by atoms with Gasteiger partial charge in [0.05, 0.1) is 11.8 Å². The second-order valence-electron chi connectivity index (χ2n) is 7.28. The molecule has 0 spiro atoms. The SMILES string of the molecule is CCC(F)(C(F)(F)NC1Cc2cc(C)ccc2OC1(C)C)S(=O)(=O)CC. The minimum absolute atomic E-state index is 0.172. The van der Waals surface area contributed by atoms with Crippen molar-refractivity contribution in [2.45, 2.75) is 70.2 Å². The largest absolute Gasteiger partial charge is 0.486 e. The molecular formula is C18H26F3NO3S. The summed E-state index contributed by atoms with van der Waals surface area (Å²) >= 11 is 0. The Labute approximate surface area is 153 Å². The van der Waals surface area contributed by atoms with Gasteiger partial charge in [-0.15, -0.1) is 0 Å². The van der Waals surface area contributed by atoms with Gasteiger partial charge in [-0.1, -0.05) is 31.5 Å². The van der Waals surface area contributed by atoms with Crippen LogP contribution in [-0.2, 0) is 16.3 Å². The molecule has 0 fully saturated rings. The Morgan fingerprint density at radius 2 is 1.88 bits per heavy atom. The van der Waals surface area contributed by atoms with Crippen molar-refractivity contribution >= 4 is 9.84 Å². The quantitative estimate of drug-likeness (QED) is 0.748. The van der Waals surface area contributed by atoms with E-state index in [1.54, 1.807) is 19.9 Å². The van der Waals surface area contributed by atoms with E-state index in [-0.39, 0.29) is 6.42 Å². The minimum Gasteiger partial charge on any atom is -0.486 e. The number of aryl methyl sites for hydroxylation is 1. The van der Waals surface area contributed by atoms with Crippen LogP contribution in [0.5, 0.6) is 5.75 Å². The maximum atomic E-state index is 15.0. The molecule has 2 atom stereocenters. The first-order valence-electron chi connectivity index (χ1n) is 8.65. The number of benzene rings is 1. The fraction of sp³-hybridized carbons (Fsp3) is 0.667. The third-order valence-corrected chi connectivity index (χ3v) is 7.30. The molecule has 8 heteroatoms. The van der Waals surface area contributed by atoms with Crippen molar-refractivity contribution in [3.05, 3.63) is 29.3 Å². The van der Waals surface area contributed by atoms with Crippen LogP contribution in [0.15, 0.2) is 18.2 Å². The standard InChI is InChI=1S/C18H26F3NO3S/c1-6-17(19,26(23,24)7-2)18(20,21)22-15-11-13-10-12(3)8-9-14(13)25-16(15,4)5/h8-10,15,22H,6-7,11H2,1-5H3. The highest BCUT2D eigenvalue weighted by molar-refractivity contribution is 7.92. The van der Waals surface area contributed by atoms with Crippen LogP contribution in [0.1, 0.15) is 45.2 Å². The van der Waals surface area contributed by atoms with Gasteiger partial charge in [0.1, 0.15) is 11.4 Å². The van der Waals surface area contributed by atoms with E-state index in [0.717, 1.165) is 25.0 Å². The molecule has 1 aromatic rings. The predicted molar refractivity (Wildman–Crippen MR) is 95.1 cm³/mol. The average Bonchev–Trinajstić information content (AvgIpc) is 2.54. The summed E-state index contributed by atoms with van der Waals surface area (Å²) in [5, 5.41) is -1.72. The molecule has 1 N–H and O–H groups in total. The van der Waals surface area contributed by atoms with Crippen LogP contribution in [0.4, 0.5) is 13.2 Å². The van der Waals surface area contributed by atoms with Gasteiger partial charge in [0.2, 0.25) is 0 Å². The third kappa shape index (κ3) is 3.45. The van der Waals surface area contributed by atoms with E-state index in [9.17, 15) is 17.2 Å². The van der Waals surface area contributed by atoms with Gasteiger partial charge in [0.25, 0.3) is 5.00 Å². The fourth-order valence-electron chi connectivity index (χ4n) is 3.20. The van der Waals surface area contributed by atoms with Gasteiger partial charge >= 0.3 is 6.05 Å². The van der Waals surface area contributed by atoms with Crippen LogP contribution in [0.3, 0.4) is 0 Å². The summed E-state index contributed by atoms with van der Waals surface area (Å²) < 4.78 is 74.5. The first-order valence-corrected chi connectivity index (χ1v) is 10.3. The second-order valence-corrected chi connectivity index (χ2v) is 9.73. The van der Waals surface area contributed by atoms with Gasteiger partial charge in [-0.3, -0.25) is 0 Å². The topological polar surface area (TPSA) is 55.4 Å². The highest BCUT2D eigenvalue weighted by atomic mass is 32.2. The molecule has 26 heavy (non-hydrogen) atoms. The zero-order chi connectivity index (χ0) is 20.0. The Morgan fingerprint density at radius 3 is 2.42 bits per heavy atom. The highest BCUT2D eigenvalue weighted by Gasteiger charge is 2.63. The van der Waals surface area contributed by atoms with E-state index >= 15 is 4.39 Å². The molecule has 0 radical (unpaired) electrons. The highest BCUT2D eigenvalue weighted by Crippen LogP contribution is 2.41. The van der Waals surface area contributed by atoms with Gasteiger partial charge in [0.15, 0.2) is 9.84 Å². The van der Waals surface area contributed by atoms with E-state index in [4.69, 9.17) is 4.74 Å². The molecule has 0 saturated carbocycles. The van der Waals surface area contributed by atoms with E-state index in [1.807, 2.05) is 24.4 Å². The molecule has 0 saturated heterocycles. The monoisotopic (exact) mass is 393 g/mol. The van der Waals surface area contributed by atoms with Crippen molar-refractivity contribution < 1.29 is 26.3 Å². The smallest absolute Gasteiger partial charge is 0.350 e. The van der Waals surface area contributed by atoms with Crippen molar-refractivity contribution in [2.75, 3.05) is 5.75 Å². The zero-order valence-electron chi connectivity index (χ0n) is 15.7. The van der Waals surface area contributed by atoms with Crippen LogP contribution in [0, 0.1) is 6.92 Å². The molecule has 0 bridgehead atoms. The van der Waals surface area contributed by atoms with Crippen molar-refractivity contribution in [3.63, 3.8) is 0 Å². The summed E-state index contributed by atoms with van der Waals surface area (Å²) in [6.45, 7) is 7.36. The van der Waals surface area contributed by atoms with Gasteiger partial charge in [0, 0.05) is 6.42 Å². The lowest BCUT2D eigenvalue weighted by Crippen LogP contribution is -2.66. The van der Waals surface area contributed by atoms with Gasteiger partial charge in [-0.25, -0.2) is 18.1 Å². The molecule has 0 aromatic heterocycles. The Bertz CT molecular complexity index is 780. The third-order valence-electron chi connectivity index (χ3n) is 5.00. The number of rotatable bonds is 6. The number of ether oxygens (including phenoxy) is 1. The number of hydrogen-bond acceptors (Lipinski definition) is 4. The first-order chi connectivity index (χ1) is 11.8. The van der Waals surface area contributed by atoms with Crippen molar-refractivity contribution in [1.29, 1.82) is 0 Å². The summed E-state index contributed by atoms with van der Waals surface area (Å²) in [5.41, 5.74) is 0.590. The lowest BCUT2D eigenvalue weighted by atomic mass is 9.87. The van der Waals surface area contributed by atoms with Crippen LogP contribution in [0.2, 0.25) is 0 Å². The van der Waals surface area contributed by atoms with Crippen LogP contribution in [-0.4, -0.2) is 36.9 Å². The van der Waals surface area contributed by atoms with Gasteiger partial charge in [-0.05, 0) is 38.8 Å². The lowest BCUT2D eigenvalue weighted by molar-refractivity contribution is -0.143. The number of halogens is 3. The van der Waals surface area contributed by atoms with Crippen molar-refractivity contribution in [3.8, 4) is 5.75 Å². The molecule has 1 heterocycles. The Balaban J connectivity index is 2.39. The summed E-state index contributed by atoms with van der Waals surface area (Å²) in [6.07, 6.45) is -0.682. The molecule has 4 nitrogen and oxygen atoms in total. The maximum absolute atomic E-state index is 15.0. The van der Waals surface area contributed by atoms with Gasteiger partial charge in [-0.2, -0.15) is 8.78 Å². The molecule has 0 aliphatic carbocycles. The molecule has 148 valence electrons. The van der Waals surface area contributed by atoms with E-state index in [1.165, 1.54) is 0 Å². The van der Waals surface area contributed by atoms with Gasteiger partial charge < -0.3 is 4.74 Å². The molecule has 1 aliphatic rings. The van der Waals surface area contributed by atoms with Crippen molar-refractivity contribution in [2.24, 2.45) is 0 Å². The van der Waals surface area contributed by atoms with E-state index in [2.05, 4.69) is 0 Å². The van der Waals surface area contributed by atoms with E-state index < -0.39 is 44.7 Å². The first kappa shape index (κ1) is 21.0. The fourth-order valence-corrected chi connectivity index (χ4v) is 4.55. The lowest BCUT2D eigenvalue weighted by Gasteiger charge is -2.44. The Kier molecular flexibility index (Phi) is 5.43. The minimum atomic E-state index is -4.64. The molecule has 2 unspecified atom stereocenters.